The summed E-state index contributed by atoms with van der Waals surface area (Å²) in [5.74, 6) is 0. The summed E-state index contributed by atoms with van der Waals surface area (Å²) in [7, 11) is 0. The number of hydrogen-bond acceptors (Lipinski definition) is 1. The van der Waals surface area contributed by atoms with E-state index in [1.54, 1.807) is 0 Å². The van der Waals surface area contributed by atoms with Crippen molar-refractivity contribution >= 4 is 92.5 Å². The minimum Gasteiger partial charge on any atom is -0.310 e. The van der Waals surface area contributed by atoms with Crippen LogP contribution in [0.25, 0.3) is 86.5 Å². The van der Waals surface area contributed by atoms with Crippen molar-refractivity contribution in [2.75, 3.05) is 4.90 Å². The van der Waals surface area contributed by atoms with Crippen LogP contribution in [-0.2, 0) is 0 Å². The number of nitrogens with zero attached hydrogens (tertiary/aromatic N) is 1. The van der Waals surface area contributed by atoms with Gasteiger partial charge < -0.3 is 4.90 Å². The van der Waals surface area contributed by atoms with E-state index in [0.717, 1.165) is 17.1 Å². The molecule has 1 nitrogen and oxygen atoms in total. The summed E-state index contributed by atoms with van der Waals surface area (Å²) in [5, 5.41) is 18.2. The van der Waals surface area contributed by atoms with Crippen LogP contribution in [0, 0.1) is 0 Å². The third kappa shape index (κ3) is 4.00. The maximum atomic E-state index is 2.39. The Balaban J connectivity index is 1.04. The van der Waals surface area contributed by atoms with Gasteiger partial charge in [0, 0.05) is 17.1 Å². The van der Waals surface area contributed by atoms with E-state index in [2.05, 4.69) is 181 Å². The number of benzene rings is 11. The molecule has 11 rings (SSSR count). The number of rotatable bonds is 4. The smallest absolute Gasteiger partial charge is 0.0473 e. The van der Waals surface area contributed by atoms with Gasteiger partial charge in [0.05, 0.1) is 0 Å². The first-order chi connectivity index (χ1) is 24.2. The van der Waals surface area contributed by atoms with Gasteiger partial charge in [0.15, 0.2) is 0 Å². The van der Waals surface area contributed by atoms with Gasteiger partial charge in [0.25, 0.3) is 0 Å². The molecule has 0 radical (unpaired) electrons. The van der Waals surface area contributed by atoms with Crippen LogP contribution in [0.3, 0.4) is 0 Å². The zero-order valence-electron chi connectivity index (χ0n) is 26.7. The first-order valence-corrected chi connectivity index (χ1v) is 17.0. The second-order valence-electron chi connectivity index (χ2n) is 13.4. The van der Waals surface area contributed by atoms with Crippen molar-refractivity contribution in [1.29, 1.82) is 0 Å². The third-order valence-corrected chi connectivity index (χ3v) is 10.6. The lowest BCUT2D eigenvalue weighted by Crippen LogP contribution is -2.10. The first kappa shape index (κ1) is 26.6. The number of hydrogen-bond donors (Lipinski definition) is 0. The average Bonchev–Trinajstić information content (AvgIpc) is 3.16. The summed E-state index contributed by atoms with van der Waals surface area (Å²) >= 11 is 0. The molecule has 0 atom stereocenters. The van der Waals surface area contributed by atoms with Gasteiger partial charge in [0.2, 0.25) is 0 Å². The molecule has 0 saturated heterocycles. The molecule has 226 valence electrons. The van der Waals surface area contributed by atoms with Crippen molar-refractivity contribution in [2.24, 2.45) is 0 Å². The van der Waals surface area contributed by atoms with Crippen LogP contribution in [0.15, 0.2) is 176 Å². The van der Waals surface area contributed by atoms with Crippen LogP contribution in [-0.4, -0.2) is 0 Å². The van der Waals surface area contributed by atoms with Crippen LogP contribution in [0.1, 0.15) is 0 Å². The molecule has 0 amide bonds. The summed E-state index contributed by atoms with van der Waals surface area (Å²) < 4.78 is 0. The van der Waals surface area contributed by atoms with Crippen molar-refractivity contribution in [1.82, 2.24) is 0 Å². The van der Waals surface area contributed by atoms with Crippen molar-refractivity contribution in [2.45, 2.75) is 0 Å². The highest BCUT2D eigenvalue weighted by Gasteiger charge is 2.17. The van der Waals surface area contributed by atoms with E-state index < -0.39 is 0 Å². The number of anilines is 3. The predicted octanol–water partition coefficient (Wildman–Crippen LogP) is 13.8. The summed E-state index contributed by atoms with van der Waals surface area (Å²) in [6.07, 6.45) is 0. The van der Waals surface area contributed by atoms with Crippen molar-refractivity contribution < 1.29 is 0 Å². The standard InChI is InChI=1S/C48H29N/c1-2-10-42(11-3-1)49(44-28-39-20-14-32-8-5-9-33-15-21-40(29-44)48(39)46(32)33)43-23-22-34-24-35(16-17-36(34)27-43)41-25-37-18-12-30-6-4-7-31-13-19-38(26-41)47(37)45(30)31/h1-29H. The molecular formula is C48H29N. The Bertz CT molecular complexity index is 2920. The second kappa shape index (κ2) is 10.0. The molecule has 0 N–H and O–H groups in total. The summed E-state index contributed by atoms with van der Waals surface area (Å²) in [4.78, 5) is 2.39. The van der Waals surface area contributed by atoms with Crippen LogP contribution >= 0.6 is 0 Å². The molecule has 0 fully saturated rings. The Hall–Kier alpha value is -6.44. The maximum absolute atomic E-state index is 2.39. The second-order valence-corrected chi connectivity index (χ2v) is 13.4. The minimum absolute atomic E-state index is 1.14. The topological polar surface area (TPSA) is 3.24 Å². The van der Waals surface area contributed by atoms with E-state index in [4.69, 9.17) is 0 Å². The summed E-state index contributed by atoms with van der Waals surface area (Å²) in [5.41, 5.74) is 5.92. The van der Waals surface area contributed by atoms with Crippen LogP contribution in [0.4, 0.5) is 17.1 Å². The molecule has 11 aromatic carbocycles. The number of fused-ring (bicyclic) bond motifs is 1. The molecule has 11 aromatic rings. The van der Waals surface area contributed by atoms with E-state index in [0.29, 0.717) is 0 Å². The molecule has 49 heavy (non-hydrogen) atoms. The average molecular weight is 620 g/mol. The maximum Gasteiger partial charge on any atom is 0.0473 e. The lowest BCUT2D eigenvalue weighted by Gasteiger charge is -2.27. The molecule has 0 aliphatic carbocycles. The zero-order valence-corrected chi connectivity index (χ0v) is 26.7. The van der Waals surface area contributed by atoms with E-state index in [-0.39, 0.29) is 0 Å². The molecule has 0 heterocycles. The van der Waals surface area contributed by atoms with Crippen LogP contribution < -0.4 is 4.90 Å². The third-order valence-electron chi connectivity index (χ3n) is 10.6. The Morgan fingerprint density at radius 1 is 0.224 bits per heavy atom. The summed E-state index contributed by atoms with van der Waals surface area (Å²) in [6.45, 7) is 0. The summed E-state index contributed by atoms with van der Waals surface area (Å²) in [6, 6.07) is 65.2. The first-order valence-electron chi connectivity index (χ1n) is 17.0. The Labute approximate surface area is 283 Å². The fraction of sp³-hybridized carbons (Fsp3) is 0. The fourth-order valence-corrected chi connectivity index (χ4v) is 8.36. The van der Waals surface area contributed by atoms with Gasteiger partial charge in [0.1, 0.15) is 0 Å². The molecule has 0 spiro atoms. The monoisotopic (exact) mass is 619 g/mol. The Morgan fingerprint density at radius 2 is 0.633 bits per heavy atom. The van der Waals surface area contributed by atoms with Gasteiger partial charge in [-0.25, -0.2) is 0 Å². The molecule has 0 saturated carbocycles. The number of para-hydroxylation sites is 1. The minimum atomic E-state index is 1.14. The highest BCUT2D eigenvalue weighted by Crippen LogP contribution is 2.43. The largest absolute Gasteiger partial charge is 0.310 e. The highest BCUT2D eigenvalue weighted by atomic mass is 15.1. The lowest BCUT2D eigenvalue weighted by molar-refractivity contribution is 1.30. The SMILES string of the molecule is c1ccc(N(c2ccc3cc(-c4cc5ccc6cccc7ccc(c4)c5c67)ccc3c2)c2cc3ccc4cccc5ccc(c2)c3c45)cc1. The van der Waals surface area contributed by atoms with E-state index in [9.17, 15) is 0 Å². The normalized spacial score (nSPS) is 12.1. The van der Waals surface area contributed by atoms with E-state index in [1.165, 1.54) is 86.5 Å². The van der Waals surface area contributed by atoms with Crippen LogP contribution in [0.5, 0.6) is 0 Å². The molecule has 0 bridgehead atoms. The molecule has 0 aliphatic rings. The van der Waals surface area contributed by atoms with E-state index in [1.807, 2.05) is 0 Å². The van der Waals surface area contributed by atoms with Gasteiger partial charge in [-0.1, -0.05) is 121 Å². The lowest BCUT2D eigenvalue weighted by atomic mass is 9.91. The van der Waals surface area contributed by atoms with Crippen LogP contribution in [0.2, 0.25) is 0 Å². The van der Waals surface area contributed by atoms with Gasteiger partial charge in [-0.3, -0.25) is 0 Å². The molecular weight excluding hydrogens is 591 g/mol. The van der Waals surface area contributed by atoms with Gasteiger partial charge in [-0.2, -0.15) is 0 Å². The fourth-order valence-electron chi connectivity index (χ4n) is 8.36. The van der Waals surface area contributed by atoms with E-state index >= 15 is 0 Å². The highest BCUT2D eigenvalue weighted by molar-refractivity contribution is 6.25. The molecule has 0 aromatic heterocycles. The van der Waals surface area contributed by atoms with Crippen molar-refractivity contribution in [3.05, 3.63) is 176 Å². The quantitative estimate of drug-likeness (QED) is 0.177. The van der Waals surface area contributed by atoms with Gasteiger partial charge >= 0.3 is 0 Å². The van der Waals surface area contributed by atoms with Gasteiger partial charge in [-0.05, 0) is 141 Å². The van der Waals surface area contributed by atoms with Crippen molar-refractivity contribution in [3.8, 4) is 11.1 Å². The molecule has 0 aliphatic heterocycles. The predicted molar refractivity (Wildman–Crippen MR) is 211 cm³/mol. The zero-order chi connectivity index (χ0) is 32.1. The molecule has 0 unspecified atom stereocenters. The molecule has 1 heteroatoms. The Morgan fingerprint density at radius 3 is 1.20 bits per heavy atom. The Kier molecular flexibility index (Phi) is 5.45. The van der Waals surface area contributed by atoms with Gasteiger partial charge in [-0.15, -0.1) is 0 Å². The van der Waals surface area contributed by atoms with Crippen molar-refractivity contribution in [3.63, 3.8) is 0 Å².